The number of thiophene rings is 1. The number of hydrogen-bond acceptors (Lipinski definition) is 3. The minimum atomic E-state index is -0.419. The average molecular weight is 226 g/mol. The van der Waals surface area contributed by atoms with Gasteiger partial charge < -0.3 is 4.74 Å². The molecule has 1 aromatic heterocycles. The van der Waals surface area contributed by atoms with E-state index >= 15 is 0 Å². The van der Waals surface area contributed by atoms with Crippen molar-refractivity contribution in [2.75, 3.05) is 0 Å². The minimum absolute atomic E-state index is 0.205. The molecular formula is C12H18O2S. The Labute approximate surface area is 95.3 Å². The highest BCUT2D eigenvalue weighted by Gasteiger charge is 2.21. The van der Waals surface area contributed by atoms with Crippen molar-refractivity contribution in [2.24, 2.45) is 0 Å². The molecular weight excluding hydrogens is 208 g/mol. The Balaban J connectivity index is 2.92. The monoisotopic (exact) mass is 226 g/mol. The fraction of sp³-hybridized carbons (Fsp3) is 0.583. The molecule has 3 heteroatoms. The molecule has 0 amide bonds. The zero-order valence-electron chi connectivity index (χ0n) is 10.0. The molecule has 1 rings (SSSR count). The molecule has 0 N–H and O–H groups in total. The van der Waals surface area contributed by atoms with Crippen molar-refractivity contribution in [3.63, 3.8) is 0 Å². The van der Waals surface area contributed by atoms with Gasteiger partial charge in [-0.25, -0.2) is 4.79 Å². The highest BCUT2D eigenvalue weighted by molar-refractivity contribution is 7.10. The topological polar surface area (TPSA) is 26.3 Å². The lowest BCUT2D eigenvalue weighted by molar-refractivity contribution is 0.00690. The first-order valence-electron chi connectivity index (χ1n) is 5.15. The van der Waals surface area contributed by atoms with E-state index in [1.54, 1.807) is 11.3 Å². The van der Waals surface area contributed by atoms with E-state index in [0.29, 0.717) is 0 Å². The van der Waals surface area contributed by atoms with Crippen LogP contribution in [-0.2, 0) is 11.2 Å². The normalized spacial score (nSPS) is 11.5. The maximum Gasteiger partial charge on any atom is 0.339 e. The molecule has 2 nitrogen and oxygen atoms in total. The predicted molar refractivity (Wildman–Crippen MR) is 63.6 cm³/mol. The largest absolute Gasteiger partial charge is 0.456 e. The van der Waals surface area contributed by atoms with E-state index in [9.17, 15) is 4.79 Å². The molecule has 84 valence electrons. The van der Waals surface area contributed by atoms with Gasteiger partial charge in [0.2, 0.25) is 0 Å². The number of esters is 1. The van der Waals surface area contributed by atoms with Crippen LogP contribution in [0.25, 0.3) is 0 Å². The van der Waals surface area contributed by atoms with Crippen LogP contribution >= 0.6 is 11.3 Å². The maximum atomic E-state index is 11.8. The van der Waals surface area contributed by atoms with Crippen LogP contribution in [0.5, 0.6) is 0 Å². The van der Waals surface area contributed by atoms with Crippen LogP contribution in [0, 0.1) is 6.92 Å². The minimum Gasteiger partial charge on any atom is -0.456 e. The second-order valence-electron chi connectivity index (χ2n) is 4.54. The van der Waals surface area contributed by atoms with Crippen molar-refractivity contribution >= 4 is 17.3 Å². The van der Waals surface area contributed by atoms with Gasteiger partial charge in [-0.1, -0.05) is 6.92 Å². The fourth-order valence-electron chi connectivity index (χ4n) is 1.42. The van der Waals surface area contributed by atoms with E-state index < -0.39 is 5.60 Å². The molecule has 0 spiro atoms. The predicted octanol–water partition coefficient (Wildman–Crippen LogP) is 3.57. The van der Waals surface area contributed by atoms with Crippen molar-refractivity contribution in [2.45, 2.75) is 46.6 Å². The van der Waals surface area contributed by atoms with E-state index in [1.165, 1.54) is 4.88 Å². The van der Waals surface area contributed by atoms with Crippen molar-refractivity contribution in [1.82, 2.24) is 0 Å². The van der Waals surface area contributed by atoms with Crippen LogP contribution in [0.4, 0.5) is 0 Å². The van der Waals surface area contributed by atoms with Gasteiger partial charge in [0.1, 0.15) is 5.60 Å². The molecule has 0 aliphatic carbocycles. The lowest BCUT2D eigenvalue weighted by atomic mass is 10.1. The lowest BCUT2D eigenvalue weighted by Gasteiger charge is -2.19. The summed E-state index contributed by atoms with van der Waals surface area (Å²) in [5.41, 5.74) is 1.43. The third kappa shape index (κ3) is 3.06. The van der Waals surface area contributed by atoms with Gasteiger partial charge in [-0.2, -0.15) is 0 Å². The molecule has 0 unspecified atom stereocenters. The first kappa shape index (κ1) is 12.2. The molecule has 0 saturated heterocycles. The first-order chi connectivity index (χ1) is 6.85. The highest BCUT2D eigenvalue weighted by Crippen LogP contribution is 2.24. The zero-order chi connectivity index (χ0) is 11.6. The Hall–Kier alpha value is -0.830. The van der Waals surface area contributed by atoms with Crippen molar-refractivity contribution in [3.05, 3.63) is 21.4 Å². The number of rotatable bonds is 2. The van der Waals surface area contributed by atoms with Gasteiger partial charge in [0.15, 0.2) is 0 Å². The molecule has 0 aliphatic heterocycles. The summed E-state index contributed by atoms with van der Waals surface area (Å²) >= 11 is 1.61. The summed E-state index contributed by atoms with van der Waals surface area (Å²) in [5, 5.41) is 1.89. The van der Waals surface area contributed by atoms with Gasteiger partial charge in [-0.3, -0.25) is 0 Å². The van der Waals surface area contributed by atoms with Crippen LogP contribution < -0.4 is 0 Å². The quantitative estimate of drug-likeness (QED) is 0.721. The molecule has 0 aromatic carbocycles. The van der Waals surface area contributed by atoms with Crippen LogP contribution in [0.15, 0.2) is 5.38 Å². The van der Waals surface area contributed by atoms with Crippen molar-refractivity contribution in [1.29, 1.82) is 0 Å². The first-order valence-corrected chi connectivity index (χ1v) is 6.03. The molecule has 0 radical (unpaired) electrons. The molecule has 0 fully saturated rings. The Kier molecular flexibility index (Phi) is 3.55. The van der Waals surface area contributed by atoms with Gasteiger partial charge in [-0.15, -0.1) is 11.3 Å². The summed E-state index contributed by atoms with van der Waals surface area (Å²) in [5.74, 6) is -0.205. The Morgan fingerprint density at radius 1 is 1.47 bits per heavy atom. The van der Waals surface area contributed by atoms with Crippen LogP contribution in [0.1, 0.15) is 48.5 Å². The number of carbonyl (C=O) groups excluding carboxylic acids is 1. The average Bonchev–Trinajstić information content (AvgIpc) is 2.43. The van der Waals surface area contributed by atoms with Gasteiger partial charge in [0.05, 0.1) is 5.56 Å². The summed E-state index contributed by atoms with van der Waals surface area (Å²) in [4.78, 5) is 13.0. The summed E-state index contributed by atoms with van der Waals surface area (Å²) in [6.45, 7) is 9.75. The number of ether oxygens (including phenoxy) is 1. The maximum absolute atomic E-state index is 11.8. The summed E-state index contributed by atoms with van der Waals surface area (Å²) < 4.78 is 5.35. The third-order valence-electron chi connectivity index (χ3n) is 2.08. The second-order valence-corrected chi connectivity index (χ2v) is 5.62. The van der Waals surface area contributed by atoms with Crippen LogP contribution in [0.2, 0.25) is 0 Å². The molecule has 1 heterocycles. The van der Waals surface area contributed by atoms with E-state index in [4.69, 9.17) is 4.74 Å². The van der Waals surface area contributed by atoms with E-state index in [0.717, 1.165) is 17.5 Å². The third-order valence-corrected chi connectivity index (χ3v) is 3.03. The molecule has 0 bridgehead atoms. The fourth-order valence-corrected chi connectivity index (χ4v) is 2.35. The van der Waals surface area contributed by atoms with Crippen molar-refractivity contribution in [3.8, 4) is 0 Å². The summed E-state index contributed by atoms with van der Waals surface area (Å²) in [6.07, 6.45) is 0.879. The standard InChI is InChI=1S/C12H18O2S/c1-6-9-8(2)15-7-10(9)11(13)14-12(3,4)5/h7H,6H2,1-5H3. The second kappa shape index (κ2) is 4.35. The molecule has 0 saturated carbocycles. The number of hydrogen-bond donors (Lipinski definition) is 0. The molecule has 0 atom stereocenters. The molecule has 15 heavy (non-hydrogen) atoms. The van der Waals surface area contributed by atoms with Gasteiger partial charge in [0, 0.05) is 10.3 Å². The van der Waals surface area contributed by atoms with Gasteiger partial charge in [0.25, 0.3) is 0 Å². The molecule has 1 aromatic rings. The highest BCUT2D eigenvalue weighted by atomic mass is 32.1. The summed E-state index contributed by atoms with van der Waals surface area (Å²) in [7, 11) is 0. The summed E-state index contributed by atoms with van der Waals surface area (Å²) in [6, 6.07) is 0. The number of carbonyl (C=O) groups is 1. The van der Waals surface area contributed by atoms with Crippen LogP contribution in [-0.4, -0.2) is 11.6 Å². The Bertz CT molecular complexity index is 358. The SMILES string of the molecule is CCc1c(C(=O)OC(C)(C)C)csc1C. The molecule has 0 aliphatic rings. The van der Waals surface area contributed by atoms with Crippen LogP contribution in [0.3, 0.4) is 0 Å². The van der Waals surface area contributed by atoms with Gasteiger partial charge >= 0.3 is 5.97 Å². The van der Waals surface area contributed by atoms with E-state index in [1.807, 2.05) is 33.1 Å². The van der Waals surface area contributed by atoms with Crippen molar-refractivity contribution < 1.29 is 9.53 Å². The lowest BCUT2D eigenvalue weighted by Crippen LogP contribution is -2.24. The smallest absolute Gasteiger partial charge is 0.339 e. The van der Waals surface area contributed by atoms with E-state index in [-0.39, 0.29) is 5.97 Å². The van der Waals surface area contributed by atoms with Gasteiger partial charge in [-0.05, 0) is 39.7 Å². The zero-order valence-corrected chi connectivity index (χ0v) is 10.8. The van der Waals surface area contributed by atoms with E-state index in [2.05, 4.69) is 6.92 Å². The number of aryl methyl sites for hydroxylation is 1. The Morgan fingerprint density at radius 2 is 2.07 bits per heavy atom. The Morgan fingerprint density at radius 3 is 2.53 bits per heavy atom.